The zero-order chi connectivity index (χ0) is 11.9. The van der Waals surface area contributed by atoms with E-state index in [1.54, 1.807) is 6.08 Å². The first-order valence-corrected chi connectivity index (χ1v) is 5.93. The van der Waals surface area contributed by atoms with Crippen LogP contribution in [0.15, 0.2) is 12.7 Å². The molecule has 0 unspecified atom stereocenters. The van der Waals surface area contributed by atoms with Crippen molar-refractivity contribution >= 4 is 11.6 Å². The van der Waals surface area contributed by atoms with Gasteiger partial charge in [-0.3, -0.25) is 0 Å². The first-order valence-electron chi connectivity index (χ1n) is 5.39. The highest BCUT2D eigenvalue weighted by atomic mass is 35.5. The Morgan fingerprint density at radius 1 is 0.750 bits per heavy atom. The molecule has 16 heavy (non-hydrogen) atoms. The second kappa shape index (κ2) is 14.9. The van der Waals surface area contributed by atoms with Gasteiger partial charge in [-0.15, -0.1) is 18.2 Å². The summed E-state index contributed by atoms with van der Waals surface area (Å²) in [4.78, 5) is 0. The third-order valence-electron chi connectivity index (χ3n) is 1.57. The first kappa shape index (κ1) is 15.9. The zero-order valence-corrected chi connectivity index (χ0v) is 10.4. The van der Waals surface area contributed by atoms with E-state index >= 15 is 0 Å². The van der Waals surface area contributed by atoms with Crippen molar-refractivity contribution in [2.45, 2.75) is 0 Å². The van der Waals surface area contributed by atoms with E-state index in [2.05, 4.69) is 6.58 Å². The molecular formula is C11H21ClO4. The van der Waals surface area contributed by atoms with Crippen molar-refractivity contribution in [1.82, 2.24) is 0 Å². The van der Waals surface area contributed by atoms with Gasteiger partial charge in [0.15, 0.2) is 0 Å². The summed E-state index contributed by atoms with van der Waals surface area (Å²) in [6.45, 7) is 8.16. The van der Waals surface area contributed by atoms with E-state index in [0.29, 0.717) is 58.7 Å². The second-order valence-electron chi connectivity index (χ2n) is 2.89. The summed E-state index contributed by atoms with van der Waals surface area (Å²) in [5, 5.41) is 0. The minimum absolute atomic E-state index is 0.522. The van der Waals surface area contributed by atoms with Crippen LogP contribution in [0, 0.1) is 0 Å². The van der Waals surface area contributed by atoms with Crippen molar-refractivity contribution in [3.05, 3.63) is 12.7 Å². The van der Waals surface area contributed by atoms with E-state index in [4.69, 9.17) is 30.5 Å². The molecule has 96 valence electrons. The molecule has 0 rings (SSSR count). The van der Waals surface area contributed by atoms with Crippen molar-refractivity contribution in [2.24, 2.45) is 0 Å². The Labute approximate surface area is 102 Å². The predicted octanol–water partition coefficient (Wildman–Crippen LogP) is 1.48. The fourth-order valence-electron chi connectivity index (χ4n) is 0.881. The Kier molecular flexibility index (Phi) is 14.7. The van der Waals surface area contributed by atoms with Crippen LogP contribution in [0.5, 0.6) is 0 Å². The molecule has 0 N–H and O–H groups in total. The van der Waals surface area contributed by atoms with Gasteiger partial charge >= 0.3 is 0 Å². The molecule has 0 saturated carbocycles. The van der Waals surface area contributed by atoms with E-state index in [-0.39, 0.29) is 0 Å². The molecule has 0 aromatic rings. The largest absolute Gasteiger partial charge is 0.378 e. The lowest BCUT2D eigenvalue weighted by atomic mass is 10.6. The Balaban J connectivity index is 2.85. The predicted molar refractivity (Wildman–Crippen MR) is 64.2 cm³/mol. The van der Waals surface area contributed by atoms with Crippen LogP contribution in [-0.4, -0.2) is 58.7 Å². The van der Waals surface area contributed by atoms with Crippen LogP contribution >= 0.6 is 11.6 Å². The Morgan fingerprint density at radius 2 is 1.19 bits per heavy atom. The Bertz CT molecular complexity index is 144. The number of rotatable bonds is 13. The average Bonchev–Trinajstić information content (AvgIpc) is 2.31. The van der Waals surface area contributed by atoms with Crippen LogP contribution < -0.4 is 0 Å². The molecule has 0 aromatic heterocycles. The van der Waals surface area contributed by atoms with Gasteiger partial charge in [0, 0.05) is 5.88 Å². The van der Waals surface area contributed by atoms with Crippen molar-refractivity contribution in [2.75, 3.05) is 58.7 Å². The molecule has 4 nitrogen and oxygen atoms in total. The van der Waals surface area contributed by atoms with Crippen LogP contribution in [0.2, 0.25) is 0 Å². The molecule has 0 bridgehead atoms. The molecule has 0 aromatic carbocycles. The highest BCUT2D eigenvalue weighted by Crippen LogP contribution is 1.83. The van der Waals surface area contributed by atoms with E-state index < -0.39 is 0 Å². The van der Waals surface area contributed by atoms with Gasteiger partial charge < -0.3 is 18.9 Å². The van der Waals surface area contributed by atoms with E-state index in [0.717, 1.165) is 0 Å². The summed E-state index contributed by atoms with van der Waals surface area (Å²) in [5.41, 5.74) is 0. The quantitative estimate of drug-likeness (QED) is 0.283. The van der Waals surface area contributed by atoms with Crippen LogP contribution in [-0.2, 0) is 18.9 Å². The number of ether oxygens (including phenoxy) is 4. The van der Waals surface area contributed by atoms with E-state index in [9.17, 15) is 0 Å². The normalized spacial score (nSPS) is 10.6. The van der Waals surface area contributed by atoms with Crippen molar-refractivity contribution in [1.29, 1.82) is 0 Å². The third kappa shape index (κ3) is 13.9. The average molecular weight is 253 g/mol. The van der Waals surface area contributed by atoms with Crippen LogP contribution in [0.1, 0.15) is 0 Å². The lowest BCUT2D eigenvalue weighted by molar-refractivity contribution is 0.00261. The lowest BCUT2D eigenvalue weighted by Gasteiger charge is -2.06. The molecule has 0 atom stereocenters. The minimum Gasteiger partial charge on any atom is -0.378 e. The maximum Gasteiger partial charge on any atom is 0.0704 e. The number of hydrogen-bond acceptors (Lipinski definition) is 4. The molecular weight excluding hydrogens is 232 g/mol. The van der Waals surface area contributed by atoms with Gasteiger partial charge in [-0.05, 0) is 0 Å². The van der Waals surface area contributed by atoms with Gasteiger partial charge in [-0.1, -0.05) is 6.08 Å². The fraction of sp³-hybridized carbons (Fsp3) is 0.818. The molecule has 0 aliphatic carbocycles. The maximum atomic E-state index is 5.43. The lowest BCUT2D eigenvalue weighted by Crippen LogP contribution is -2.12. The molecule has 0 amide bonds. The number of hydrogen-bond donors (Lipinski definition) is 0. The van der Waals surface area contributed by atoms with Gasteiger partial charge in [0.05, 0.1) is 52.9 Å². The summed E-state index contributed by atoms with van der Waals surface area (Å²) < 4.78 is 20.8. The molecule has 0 heterocycles. The summed E-state index contributed by atoms with van der Waals surface area (Å²) >= 11 is 5.43. The standard InChI is InChI=1S/C11H21ClO4/c1-2-4-13-6-8-15-10-11-16-9-7-14-5-3-12/h2H,1,3-11H2. The van der Waals surface area contributed by atoms with Gasteiger partial charge in [0.25, 0.3) is 0 Å². The molecule has 0 radical (unpaired) electrons. The fourth-order valence-corrected chi connectivity index (χ4v) is 0.990. The van der Waals surface area contributed by atoms with Crippen molar-refractivity contribution < 1.29 is 18.9 Å². The Morgan fingerprint density at radius 3 is 1.62 bits per heavy atom. The van der Waals surface area contributed by atoms with Gasteiger partial charge in [0.1, 0.15) is 0 Å². The van der Waals surface area contributed by atoms with Crippen LogP contribution in [0.4, 0.5) is 0 Å². The molecule has 0 spiro atoms. The summed E-state index contributed by atoms with van der Waals surface area (Å²) in [6.07, 6.45) is 1.71. The summed E-state index contributed by atoms with van der Waals surface area (Å²) in [5.74, 6) is 0.522. The Hall–Kier alpha value is -0.130. The smallest absolute Gasteiger partial charge is 0.0704 e. The second-order valence-corrected chi connectivity index (χ2v) is 3.27. The summed E-state index contributed by atoms with van der Waals surface area (Å²) in [7, 11) is 0. The third-order valence-corrected chi connectivity index (χ3v) is 1.73. The minimum atomic E-state index is 0.522. The van der Waals surface area contributed by atoms with E-state index in [1.165, 1.54) is 0 Å². The topological polar surface area (TPSA) is 36.9 Å². The van der Waals surface area contributed by atoms with Gasteiger partial charge in [-0.2, -0.15) is 0 Å². The number of halogens is 1. The first-order chi connectivity index (χ1) is 7.91. The van der Waals surface area contributed by atoms with Crippen molar-refractivity contribution in [3.63, 3.8) is 0 Å². The zero-order valence-electron chi connectivity index (χ0n) is 9.66. The molecule has 0 saturated heterocycles. The molecule has 5 heteroatoms. The van der Waals surface area contributed by atoms with Crippen LogP contribution in [0.25, 0.3) is 0 Å². The molecule has 0 aliphatic heterocycles. The van der Waals surface area contributed by atoms with Gasteiger partial charge in [0.2, 0.25) is 0 Å². The summed E-state index contributed by atoms with van der Waals surface area (Å²) in [6, 6.07) is 0. The highest BCUT2D eigenvalue weighted by molar-refractivity contribution is 6.17. The van der Waals surface area contributed by atoms with Gasteiger partial charge in [-0.25, -0.2) is 0 Å². The SMILES string of the molecule is C=CCOCCOCCOCCOCCCl. The molecule has 0 aliphatic rings. The highest BCUT2D eigenvalue weighted by Gasteiger charge is 1.91. The van der Waals surface area contributed by atoms with E-state index in [1.807, 2.05) is 0 Å². The number of alkyl halides is 1. The maximum absolute atomic E-state index is 5.43. The monoisotopic (exact) mass is 252 g/mol. The van der Waals surface area contributed by atoms with Crippen molar-refractivity contribution in [3.8, 4) is 0 Å². The van der Waals surface area contributed by atoms with Crippen LogP contribution in [0.3, 0.4) is 0 Å². The molecule has 0 fully saturated rings.